The first-order valence-electron chi connectivity index (χ1n) is 13.0. The first-order chi connectivity index (χ1) is 18.2. The SMILES string of the molecule is CC1(C)OB(C(=Cc2cccc(CBr)c2)CNC(=O)OCC2c3ccccc3-c3ccccc32)OC1(C)C. The van der Waals surface area contributed by atoms with Crippen molar-refractivity contribution in [2.75, 3.05) is 13.2 Å². The van der Waals surface area contributed by atoms with Crippen LogP contribution in [0.5, 0.6) is 0 Å². The van der Waals surface area contributed by atoms with E-state index in [4.69, 9.17) is 14.0 Å². The second-order valence-electron chi connectivity index (χ2n) is 10.9. The van der Waals surface area contributed by atoms with Gasteiger partial charge in [0.05, 0.1) is 11.2 Å². The van der Waals surface area contributed by atoms with E-state index >= 15 is 0 Å². The molecule has 1 amide bonds. The van der Waals surface area contributed by atoms with E-state index in [1.165, 1.54) is 22.3 Å². The van der Waals surface area contributed by atoms with Crippen LogP contribution in [-0.2, 0) is 19.4 Å². The molecule has 1 saturated heterocycles. The van der Waals surface area contributed by atoms with Crippen molar-refractivity contribution in [2.45, 2.75) is 50.1 Å². The van der Waals surface area contributed by atoms with Gasteiger partial charge in [0.2, 0.25) is 0 Å². The Morgan fingerprint density at radius 1 is 0.947 bits per heavy atom. The Morgan fingerprint density at radius 2 is 1.55 bits per heavy atom. The van der Waals surface area contributed by atoms with Crippen LogP contribution in [0.2, 0.25) is 0 Å². The lowest BCUT2D eigenvalue weighted by Crippen LogP contribution is -2.41. The van der Waals surface area contributed by atoms with Crippen LogP contribution >= 0.6 is 15.9 Å². The Hall–Kier alpha value is -2.87. The third kappa shape index (κ3) is 5.33. The number of ether oxygens (including phenoxy) is 1. The molecule has 0 saturated carbocycles. The molecule has 0 radical (unpaired) electrons. The molecule has 196 valence electrons. The number of halogens is 1. The molecule has 1 heterocycles. The number of carbonyl (C=O) groups is 1. The van der Waals surface area contributed by atoms with E-state index in [9.17, 15) is 4.79 Å². The molecule has 0 spiro atoms. The quantitative estimate of drug-likeness (QED) is 0.241. The van der Waals surface area contributed by atoms with Gasteiger partial charge in [-0.2, -0.15) is 0 Å². The lowest BCUT2D eigenvalue weighted by molar-refractivity contribution is 0.00578. The number of fused-ring (bicyclic) bond motifs is 3. The lowest BCUT2D eigenvalue weighted by atomic mass is 9.77. The van der Waals surface area contributed by atoms with Gasteiger partial charge in [0, 0.05) is 17.8 Å². The molecule has 1 aliphatic carbocycles. The smallest absolute Gasteiger partial charge is 0.449 e. The molecule has 1 aliphatic heterocycles. The summed E-state index contributed by atoms with van der Waals surface area (Å²) in [6.45, 7) is 8.60. The predicted molar refractivity (Wildman–Crippen MR) is 156 cm³/mol. The summed E-state index contributed by atoms with van der Waals surface area (Å²) < 4.78 is 18.4. The highest BCUT2D eigenvalue weighted by atomic mass is 79.9. The number of amides is 1. The van der Waals surface area contributed by atoms with Crippen LogP contribution in [0.15, 0.2) is 78.3 Å². The summed E-state index contributed by atoms with van der Waals surface area (Å²) >= 11 is 3.53. The standard InChI is InChI=1S/C31H33BBrNO4/c1-30(2)31(3,4)38-32(37-30)23(17-21-10-9-11-22(16-21)18-33)19-34-29(35)36-20-28-26-14-7-5-12-24(26)25-13-6-8-15-27(25)28/h5-17,28H,18-20H2,1-4H3,(H,34,35). The van der Waals surface area contributed by atoms with Crippen molar-refractivity contribution in [1.82, 2.24) is 5.32 Å². The summed E-state index contributed by atoms with van der Waals surface area (Å²) in [5.41, 5.74) is 6.80. The zero-order valence-corrected chi connectivity index (χ0v) is 23.9. The summed E-state index contributed by atoms with van der Waals surface area (Å²) in [6, 6.07) is 24.8. The van der Waals surface area contributed by atoms with Crippen molar-refractivity contribution in [3.05, 3.63) is 101 Å². The Bertz CT molecular complexity index is 1310. The van der Waals surface area contributed by atoms with E-state index in [2.05, 4.69) is 57.6 Å². The molecule has 0 unspecified atom stereocenters. The highest BCUT2D eigenvalue weighted by Crippen LogP contribution is 2.44. The number of alkyl halides is 1. The van der Waals surface area contributed by atoms with E-state index in [-0.39, 0.29) is 19.1 Å². The Labute approximate surface area is 233 Å². The van der Waals surface area contributed by atoms with Crippen LogP contribution in [0.25, 0.3) is 17.2 Å². The van der Waals surface area contributed by atoms with Gasteiger partial charge < -0.3 is 19.4 Å². The van der Waals surface area contributed by atoms with Crippen LogP contribution in [0.3, 0.4) is 0 Å². The molecule has 3 aromatic carbocycles. The first kappa shape index (κ1) is 26.7. The molecule has 2 aliphatic rings. The Morgan fingerprint density at radius 3 is 2.16 bits per heavy atom. The molecule has 38 heavy (non-hydrogen) atoms. The second-order valence-corrected chi connectivity index (χ2v) is 11.4. The molecule has 7 heteroatoms. The van der Waals surface area contributed by atoms with E-state index in [0.29, 0.717) is 0 Å². The summed E-state index contributed by atoms with van der Waals surface area (Å²) in [5.74, 6) is 0.0123. The molecule has 3 aromatic rings. The molecule has 0 atom stereocenters. The third-order valence-corrected chi connectivity index (χ3v) is 8.44. The number of hydrogen-bond acceptors (Lipinski definition) is 4. The summed E-state index contributed by atoms with van der Waals surface area (Å²) in [4.78, 5) is 12.9. The molecule has 0 bridgehead atoms. The van der Waals surface area contributed by atoms with E-state index in [1.807, 2.05) is 70.2 Å². The fourth-order valence-electron chi connectivity index (χ4n) is 5.00. The number of rotatable bonds is 7. The molecule has 0 aromatic heterocycles. The summed E-state index contributed by atoms with van der Waals surface area (Å²) in [6.07, 6.45) is 1.56. The largest absolute Gasteiger partial charge is 0.492 e. The first-order valence-corrected chi connectivity index (χ1v) is 14.1. The maximum atomic E-state index is 12.9. The van der Waals surface area contributed by atoms with Gasteiger partial charge in [-0.15, -0.1) is 0 Å². The van der Waals surface area contributed by atoms with Crippen LogP contribution in [0.4, 0.5) is 4.79 Å². The molecule has 1 fully saturated rings. The topological polar surface area (TPSA) is 56.8 Å². The average molecular weight is 574 g/mol. The van der Waals surface area contributed by atoms with Crippen molar-refractivity contribution in [3.8, 4) is 11.1 Å². The number of alkyl carbamates (subject to hydrolysis) is 1. The van der Waals surface area contributed by atoms with Crippen molar-refractivity contribution in [1.29, 1.82) is 0 Å². The van der Waals surface area contributed by atoms with Crippen molar-refractivity contribution >= 4 is 35.2 Å². The molecule has 1 N–H and O–H groups in total. The number of carbonyl (C=O) groups excluding carboxylic acids is 1. The minimum Gasteiger partial charge on any atom is -0.449 e. The zero-order valence-electron chi connectivity index (χ0n) is 22.3. The normalized spacial score (nSPS) is 17.7. The van der Waals surface area contributed by atoms with Gasteiger partial charge >= 0.3 is 13.2 Å². The monoisotopic (exact) mass is 573 g/mol. The predicted octanol–water partition coefficient (Wildman–Crippen LogP) is 7.14. The van der Waals surface area contributed by atoms with Gasteiger partial charge in [0.15, 0.2) is 0 Å². The van der Waals surface area contributed by atoms with Gasteiger partial charge in [0.1, 0.15) is 6.61 Å². The van der Waals surface area contributed by atoms with Gasteiger partial charge in [-0.1, -0.05) is 94.8 Å². The maximum absolute atomic E-state index is 12.9. The second kappa shape index (κ2) is 10.7. The van der Waals surface area contributed by atoms with E-state index < -0.39 is 24.4 Å². The average Bonchev–Trinajstić information content (AvgIpc) is 3.34. The molecular formula is C31H33BBrNO4. The minimum atomic E-state index is -0.582. The zero-order chi connectivity index (χ0) is 26.9. The molecule has 5 nitrogen and oxygen atoms in total. The molecular weight excluding hydrogens is 541 g/mol. The number of nitrogens with one attached hydrogen (secondary N) is 1. The maximum Gasteiger partial charge on any atom is 0.492 e. The van der Waals surface area contributed by atoms with Crippen LogP contribution in [0.1, 0.15) is 55.9 Å². The van der Waals surface area contributed by atoms with Crippen LogP contribution in [-0.4, -0.2) is 37.6 Å². The highest BCUT2D eigenvalue weighted by molar-refractivity contribution is 9.08. The van der Waals surface area contributed by atoms with E-state index in [1.54, 1.807) is 0 Å². The molecule has 5 rings (SSSR count). The minimum absolute atomic E-state index is 0.0123. The Balaban J connectivity index is 1.30. The van der Waals surface area contributed by atoms with Crippen molar-refractivity contribution in [2.24, 2.45) is 0 Å². The van der Waals surface area contributed by atoms with Gasteiger partial charge in [0.25, 0.3) is 0 Å². The fraction of sp³-hybridized carbons (Fsp3) is 0.323. The fourth-order valence-corrected chi connectivity index (χ4v) is 5.35. The van der Waals surface area contributed by atoms with Crippen LogP contribution < -0.4 is 5.32 Å². The van der Waals surface area contributed by atoms with Crippen molar-refractivity contribution < 1.29 is 18.8 Å². The van der Waals surface area contributed by atoms with Gasteiger partial charge in [-0.3, -0.25) is 0 Å². The summed E-state index contributed by atoms with van der Waals surface area (Å²) in [5, 5.41) is 3.70. The summed E-state index contributed by atoms with van der Waals surface area (Å²) in [7, 11) is -0.582. The van der Waals surface area contributed by atoms with Crippen molar-refractivity contribution in [3.63, 3.8) is 0 Å². The third-order valence-electron chi connectivity index (χ3n) is 7.79. The van der Waals surface area contributed by atoms with E-state index in [0.717, 1.165) is 21.9 Å². The Kier molecular flexibility index (Phi) is 7.54. The van der Waals surface area contributed by atoms with Gasteiger partial charge in [-0.25, -0.2) is 4.79 Å². The van der Waals surface area contributed by atoms with Gasteiger partial charge in [-0.05, 0) is 66.5 Å². The number of benzene rings is 3. The lowest BCUT2D eigenvalue weighted by Gasteiger charge is -2.32. The number of hydrogen-bond donors (Lipinski definition) is 1. The highest BCUT2D eigenvalue weighted by Gasteiger charge is 2.52. The van der Waals surface area contributed by atoms with Crippen LogP contribution in [0, 0.1) is 0 Å².